The summed E-state index contributed by atoms with van der Waals surface area (Å²) in [5, 5.41) is 0. The molecular formula is C20H18F6N2O2. The largest absolute Gasteiger partial charge is 0.484 e. The number of nitrogens with zero attached hydrogens (tertiary/aromatic N) is 2. The molecule has 1 aliphatic rings. The van der Waals surface area contributed by atoms with Gasteiger partial charge in [-0.1, -0.05) is 12.1 Å². The van der Waals surface area contributed by atoms with E-state index in [0.717, 1.165) is 24.3 Å². The fraction of sp³-hybridized carbons (Fsp3) is 0.350. The van der Waals surface area contributed by atoms with Gasteiger partial charge in [0.25, 0.3) is 5.91 Å². The smallest absolute Gasteiger partial charge is 0.416 e. The Labute approximate surface area is 168 Å². The van der Waals surface area contributed by atoms with E-state index in [1.54, 1.807) is 11.0 Å². The van der Waals surface area contributed by atoms with Crippen LogP contribution in [0.1, 0.15) is 11.1 Å². The lowest BCUT2D eigenvalue weighted by Crippen LogP contribution is -2.50. The summed E-state index contributed by atoms with van der Waals surface area (Å²) in [6, 6.07) is 9.20. The molecule has 1 aliphatic heterocycles. The number of ether oxygens (including phenoxy) is 1. The highest BCUT2D eigenvalue weighted by Gasteiger charge is 2.32. The SMILES string of the molecule is O=C(COc1cccc(C(F)(F)F)c1)N1CCN(c2cccc(C(F)(F)F)c2)CC1. The summed E-state index contributed by atoms with van der Waals surface area (Å²) in [6.45, 7) is 0.764. The maximum Gasteiger partial charge on any atom is 0.416 e. The van der Waals surface area contributed by atoms with E-state index in [4.69, 9.17) is 4.74 Å². The second kappa shape index (κ2) is 8.45. The van der Waals surface area contributed by atoms with Crippen molar-refractivity contribution in [3.05, 3.63) is 59.7 Å². The molecule has 1 amide bonds. The maximum absolute atomic E-state index is 12.9. The molecule has 1 heterocycles. The number of carbonyl (C=O) groups is 1. The zero-order valence-electron chi connectivity index (χ0n) is 15.6. The number of hydrogen-bond donors (Lipinski definition) is 0. The van der Waals surface area contributed by atoms with E-state index in [-0.39, 0.29) is 18.8 Å². The third-order valence-corrected chi connectivity index (χ3v) is 4.69. The van der Waals surface area contributed by atoms with Gasteiger partial charge in [0.1, 0.15) is 5.75 Å². The van der Waals surface area contributed by atoms with Crippen LogP contribution in [0.15, 0.2) is 48.5 Å². The van der Waals surface area contributed by atoms with Crippen molar-refractivity contribution < 1.29 is 35.9 Å². The highest BCUT2D eigenvalue weighted by molar-refractivity contribution is 5.78. The van der Waals surface area contributed by atoms with Gasteiger partial charge >= 0.3 is 12.4 Å². The van der Waals surface area contributed by atoms with Crippen LogP contribution in [0, 0.1) is 0 Å². The molecular weight excluding hydrogens is 414 g/mol. The van der Waals surface area contributed by atoms with Crippen LogP contribution in [-0.4, -0.2) is 43.6 Å². The number of halogens is 6. The Bertz CT molecular complexity index is 889. The fourth-order valence-electron chi connectivity index (χ4n) is 3.09. The van der Waals surface area contributed by atoms with Crippen molar-refractivity contribution in [1.82, 2.24) is 4.90 Å². The first kappa shape index (κ1) is 21.8. The van der Waals surface area contributed by atoms with Gasteiger partial charge in [0.2, 0.25) is 0 Å². The highest BCUT2D eigenvalue weighted by Crippen LogP contribution is 2.32. The molecule has 0 bridgehead atoms. The molecule has 1 saturated heterocycles. The number of hydrogen-bond acceptors (Lipinski definition) is 3. The Balaban J connectivity index is 1.54. The molecule has 2 aromatic rings. The second-order valence-electron chi connectivity index (χ2n) is 6.73. The second-order valence-corrected chi connectivity index (χ2v) is 6.73. The normalized spacial score (nSPS) is 15.3. The van der Waals surface area contributed by atoms with Crippen LogP contribution < -0.4 is 9.64 Å². The fourth-order valence-corrected chi connectivity index (χ4v) is 3.09. The molecule has 0 aliphatic carbocycles. The number of rotatable bonds is 4. The number of benzene rings is 2. The molecule has 0 N–H and O–H groups in total. The first-order valence-corrected chi connectivity index (χ1v) is 9.04. The molecule has 3 rings (SSSR count). The molecule has 0 radical (unpaired) electrons. The van der Waals surface area contributed by atoms with Gasteiger partial charge in [0.05, 0.1) is 11.1 Å². The number of amides is 1. The predicted molar refractivity (Wildman–Crippen MR) is 97.2 cm³/mol. The van der Waals surface area contributed by atoms with Crippen LogP contribution in [0.25, 0.3) is 0 Å². The van der Waals surface area contributed by atoms with E-state index in [0.29, 0.717) is 18.8 Å². The quantitative estimate of drug-likeness (QED) is 0.670. The van der Waals surface area contributed by atoms with Crippen molar-refractivity contribution in [2.45, 2.75) is 12.4 Å². The summed E-state index contributed by atoms with van der Waals surface area (Å²) in [5.74, 6) is -0.475. The van der Waals surface area contributed by atoms with E-state index in [2.05, 4.69) is 0 Å². The molecule has 0 unspecified atom stereocenters. The average Bonchev–Trinajstić information content (AvgIpc) is 2.71. The summed E-state index contributed by atoms with van der Waals surface area (Å²) in [4.78, 5) is 15.5. The molecule has 0 aromatic heterocycles. The third-order valence-electron chi connectivity index (χ3n) is 4.69. The minimum atomic E-state index is -4.51. The third kappa shape index (κ3) is 5.37. The number of alkyl halides is 6. The standard InChI is InChI=1S/C20H18F6N2O2/c21-19(22,23)14-3-1-5-16(11-14)27-7-9-28(10-8-27)18(29)13-30-17-6-2-4-15(12-17)20(24,25)26/h1-6,11-12H,7-10,13H2. The van der Waals surface area contributed by atoms with Crippen LogP contribution in [0.3, 0.4) is 0 Å². The summed E-state index contributed by atoms with van der Waals surface area (Å²) in [7, 11) is 0. The lowest BCUT2D eigenvalue weighted by molar-refractivity contribution is -0.138. The van der Waals surface area contributed by atoms with Crippen LogP contribution in [0.5, 0.6) is 5.75 Å². The van der Waals surface area contributed by atoms with Crippen LogP contribution in [-0.2, 0) is 17.1 Å². The maximum atomic E-state index is 12.9. The molecule has 0 spiro atoms. The molecule has 10 heteroatoms. The Hall–Kier alpha value is -2.91. The van der Waals surface area contributed by atoms with Crippen molar-refractivity contribution in [1.29, 1.82) is 0 Å². The predicted octanol–water partition coefficient (Wildman–Crippen LogP) is 4.45. The molecule has 1 fully saturated rings. The minimum absolute atomic E-state index is 0.0687. The Morgan fingerprint density at radius 2 is 1.40 bits per heavy atom. The van der Waals surface area contributed by atoms with Crippen molar-refractivity contribution in [2.75, 3.05) is 37.7 Å². The zero-order valence-corrected chi connectivity index (χ0v) is 15.6. The van der Waals surface area contributed by atoms with Crippen molar-refractivity contribution in [3.8, 4) is 5.75 Å². The summed E-state index contributed by atoms with van der Waals surface area (Å²) in [5.41, 5.74) is -1.20. The number of piperazine rings is 1. The number of anilines is 1. The summed E-state index contributed by atoms with van der Waals surface area (Å²) < 4.78 is 82.0. The minimum Gasteiger partial charge on any atom is -0.484 e. The van der Waals surface area contributed by atoms with E-state index in [1.165, 1.54) is 23.1 Å². The Morgan fingerprint density at radius 3 is 2.00 bits per heavy atom. The van der Waals surface area contributed by atoms with Gasteiger partial charge in [-0.15, -0.1) is 0 Å². The first-order valence-electron chi connectivity index (χ1n) is 9.04. The molecule has 0 saturated carbocycles. The molecule has 2 aromatic carbocycles. The number of carbonyl (C=O) groups excluding carboxylic acids is 1. The van der Waals surface area contributed by atoms with E-state index >= 15 is 0 Å². The molecule has 162 valence electrons. The van der Waals surface area contributed by atoms with Crippen LogP contribution >= 0.6 is 0 Å². The molecule has 0 atom stereocenters. The van der Waals surface area contributed by atoms with E-state index in [9.17, 15) is 31.1 Å². The van der Waals surface area contributed by atoms with Gasteiger partial charge in [-0.25, -0.2) is 0 Å². The van der Waals surface area contributed by atoms with Gasteiger partial charge in [0.15, 0.2) is 6.61 Å². The monoisotopic (exact) mass is 432 g/mol. The lowest BCUT2D eigenvalue weighted by atomic mass is 10.1. The van der Waals surface area contributed by atoms with Gasteiger partial charge in [-0.3, -0.25) is 4.79 Å². The average molecular weight is 432 g/mol. The van der Waals surface area contributed by atoms with Crippen molar-refractivity contribution in [3.63, 3.8) is 0 Å². The van der Waals surface area contributed by atoms with Gasteiger partial charge < -0.3 is 14.5 Å². The van der Waals surface area contributed by atoms with Crippen LogP contribution in [0.4, 0.5) is 32.0 Å². The molecule has 4 nitrogen and oxygen atoms in total. The summed E-state index contributed by atoms with van der Waals surface area (Å²) >= 11 is 0. The van der Waals surface area contributed by atoms with Gasteiger partial charge in [0, 0.05) is 31.9 Å². The van der Waals surface area contributed by atoms with Gasteiger partial charge in [-0.2, -0.15) is 26.3 Å². The molecule has 30 heavy (non-hydrogen) atoms. The van der Waals surface area contributed by atoms with Crippen molar-refractivity contribution >= 4 is 11.6 Å². The van der Waals surface area contributed by atoms with E-state index in [1.807, 2.05) is 0 Å². The topological polar surface area (TPSA) is 32.8 Å². The van der Waals surface area contributed by atoms with Crippen LogP contribution in [0.2, 0.25) is 0 Å². The Kier molecular flexibility index (Phi) is 6.14. The lowest BCUT2D eigenvalue weighted by Gasteiger charge is -2.36. The highest BCUT2D eigenvalue weighted by atomic mass is 19.4. The van der Waals surface area contributed by atoms with Crippen molar-refractivity contribution in [2.24, 2.45) is 0 Å². The first-order chi connectivity index (χ1) is 14.0. The zero-order chi connectivity index (χ0) is 21.9. The van der Waals surface area contributed by atoms with E-state index < -0.39 is 36.0 Å². The Morgan fingerprint density at radius 1 is 0.833 bits per heavy atom. The van der Waals surface area contributed by atoms with Gasteiger partial charge in [-0.05, 0) is 36.4 Å². The summed E-state index contributed by atoms with van der Waals surface area (Å²) in [6.07, 6.45) is -8.95.